The first kappa shape index (κ1) is 18.5. The summed E-state index contributed by atoms with van der Waals surface area (Å²) in [4.78, 5) is 0. The van der Waals surface area contributed by atoms with Crippen molar-refractivity contribution < 1.29 is 32.1 Å². The number of halogens is 3. The molecule has 0 amide bonds. The van der Waals surface area contributed by atoms with Crippen molar-refractivity contribution >= 4 is 5.57 Å². The van der Waals surface area contributed by atoms with Crippen molar-refractivity contribution in [2.45, 2.75) is 6.36 Å². The van der Waals surface area contributed by atoms with Crippen LogP contribution in [0.5, 0.6) is 23.0 Å². The third kappa shape index (κ3) is 4.37. The number of benzene rings is 2. The van der Waals surface area contributed by atoms with Gasteiger partial charge >= 0.3 is 6.36 Å². The standard InChI is InChI=1S/C18H17F3O4/c1-11(12-5-7-13(8-6-12)25-18(19,20)21)17-15(23-3)9-14(22-2)10-16(17)24-4/h5-10H,1H2,2-4H3. The molecule has 0 heterocycles. The van der Waals surface area contributed by atoms with E-state index in [1.807, 2.05) is 0 Å². The Morgan fingerprint density at radius 1 is 0.840 bits per heavy atom. The van der Waals surface area contributed by atoms with Crippen molar-refractivity contribution in [1.82, 2.24) is 0 Å². The van der Waals surface area contributed by atoms with E-state index in [-0.39, 0.29) is 5.75 Å². The molecule has 0 atom stereocenters. The van der Waals surface area contributed by atoms with Crippen LogP contribution in [0.2, 0.25) is 0 Å². The molecule has 0 saturated carbocycles. The van der Waals surface area contributed by atoms with Gasteiger partial charge in [0.15, 0.2) is 0 Å². The molecule has 0 bridgehead atoms. The van der Waals surface area contributed by atoms with E-state index in [2.05, 4.69) is 11.3 Å². The maximum atomic E-state index is 12.2. The molecule has 0 aromatic heterocycles. The van der Waals surface area contributed by atoms with Crippen LogP contribution in [0, 0.1) is 0 Å². The van der Waals surface area contributed by atoms with Crippen LogP contribution >= 0.6 is 0 Å². The lowest BCUT2D eigenvalue weighted by Gasteiger charge is -2.17. The lowest BCUT2D eigenvalue weighted by Crippen LogP contribution is -2.17. The number of hydrogen-bond donors (Lipinski definition) is 0. The van der Waals surface area contributed by atoms with Crippen molar-refractivity contribution in [3.8, 4) is 23.0 Å². The van der Waals surface area contributed by atoms with Gasteiger partial charge in [-0.1, -0.05) is 18.7 Å². The summed E-state index contributed by atoms with van der Waals surface area (Å²) >= 11 is 0. The van der Waals surface area contributed by atoms with Gasteiger partial charge in [-0.05, 0) is 23.3 Å². The summed E-state index contributed by atoms with van der Waals surface area (Å²) in [6.07, 6.45) is -4.74. The summed E-state index contributed by atoms with van der Waals surface area (Å²) in [6.45, 7) is 4.01. The quantitative estimate of drug-likeness (QED) is 0.755. The molecule has 4 nitrogen and oxygen atoms in total. The van der Waals surface area contributed by atoms with Crippen molar-refractivity contribution in [2.24, 2.45) is 0 Å². The highest BCUT2D eigenvalue weighted by molar-refractivity contribution is 5.85. The van der Waals surface area contributed by atoms with Gasteiger partial charge in [-0.25, -0.2) is 0 Å². The molecular weight excluding hydrogens is 337 g/mol. The Hall–Kier alpha value is -2.83. The van der Waals surface area contributed by atoms with E-state index in [9.17, 15) is 13.2 Å². The minimum Gasteiger partial charge on any atom is -0.496 e. The molecule has 0 saturated heterocycles. The molecule has 0 aliphatic carbocycles. The third-order valence-electron chi connectivity index (χ3n) is 3.45. The minimum atomic E-state index is -4.74. The molecule has 0 unspecified atom stereocenters. The van der Waals surface area contributed by atoms with E-state index in [0.717, 1.165) is 0 Å². The molecule has 0 spiro atoms. The van der Waals surface area contributed by atoms with Crippen molar-refractivity contribution in [3.05, 3.63) is 54.1 Å². The maximum Gasteiger partial charge on any atom is 0.573 e. The second-order valence-corrected chi connectivity index (χ2v) is 4.96. The Morgan fingerprint density at radius 3 is 1.76 bits per heavy atom. The van der Waals surface area contributed by atoms with E-state index in [1.165, 1.54) is 45.6 Å². The summed E-state index contributed by atoms with van der Waals surface area (Å²) in [5, 5.41) is 0. The van der Waals surface area contributed by atoms with Crippen LogP contribution in [0.4, 0.5) is 13.2 Å². The topological polar surface area (TPSA) is 36.9 Å². The first-order valence-corrected chi connectivity index (χ1v) is 7.14. The Balaban J connectivity index is 2.40. The minimum absolute atomic E-state index is 0.308. The van der Waals surface area contributed by atoms with Gasteiger partial charge in [0.25, 0.3) is 0 Å². The van der Waals surface area contributed by atoms with Gasteiger partial charge in [0.05, 0.1) is 26.9 Å². The van der Waals surface area contributed by atoms with Crippen LogP contribution < -0.4 is 18.9 Å². The van der Waals surface area contributed by atoms with Crippen LogP contribution in [-0.2, 0) is 0 Å². The number of rotatable bonds is 6. The summed E-state index contributed by atoms with van der Waals surface area (Å²) in [5.41, 5.74) is 1.70. The first-order valence-electron chi connectivity index (χ1n) is 7.14. The molecule has 0 aliphatic heterocycles. The molecule has 25 heavy (non-hydrogen) atoms. The van der Waals surface area contributed by atoms with Gasteiger partial charge in [-0.3, -0.25) is 0 Å². The van der Waals surface area contributed by atoms with Gasteiger partial charge in [0.1, 0.15) is 23.0 Å². The molecule has 0 N–H and O–H groups in total. The fraction of sp³-hybridized carbons (Fsp3) is 0.222. The van der Waals surface area contributed by atoms with Crippen molar-refractivity contribution in [3.63, 3.8) is 0 Å². The van der Waals surface area contributed by atoms with Crippen LogP contribution in [0.1, 0.15) is 11.1 Å². The Labute approximate surface area is 143 Å². The summed E-state index contributed by atoms with van der Waals surface area (Å²) in [7, 11) is 4.50. The summed E-state index contributed by atoms with van der Waals surface area (Å²) < 4.78 is 56.5. The molecule has 2 rings (SSSR count). The summed E-state index contributed by atoms with van der Waals surface area (Å²) in [5.74, 6) is 1.17. The molecule has 134 valence electrons. The predicted molar refractivity (Wildman–Crippen MR) is 87.4 cm³/mol. The van der Waals surface area contributed by atoms with Gasteiger partial charge in [0, 0.05) is 12.1 Å². The molecule has 2 aromatic carbocycles. The Bertz CT molecular complexity index is 727. The molecule has 0 radical (unpaired) electrons. The monoisotopic (exact) mass is 354 g/mol. The van der Waals surface area contributed by atoms with E-state index >= 15 is 0 Å². The fourth-order valence-electron chi connectivity index (χ4n) is 2.31. The zero-order valence-corrected chi connectivity index (χ0v) is 13.9. The van der Waals surface area contributed by atoms with Crippen molar-refractivity contribution in [2.75, 3.05) is 21.3 Å². The molecular formula is C18H17F3O4. The van der Waals surface area contributed by atoms with Crippen LogP contribution in [-0.4, -0.2) is 27.7 Å². The zero-order valence-electron chi connectivity index (χ0n) is 13.9. The van der Waals surface area contributed by atoms with Crippen LogP contribution in [0.15, 0.2) is 43.0 Å². The van der Waals surface area contributed by atoms with E-state index in [4.69, 9.17) is 14.2 Å². The van der Waals surface area contributed by atoms with E-state index in [0.29, 0.717) is 33.9 Å². The van der Waals surface area contributed by atoms with Crippen molar-refractivity contribution in [1.29, 1.82) is 0 Å². The second-order valence-electron chi connectivity index (χ2n) is 4.96. The average molecular weight is 354 g/mol. The zero-order chi connectivity index (χ0) is 18.6. The van der Waals surface area contributed by atoms with Gasteiger partial charge in [-0.15, -0.1) is 13.2 Å². The normalized spacial score (nSPS) is 11.0. The third-order valence-corrected chi connectivity index (χ3v) is 3.45. The largest absolute Gasteiger partial charge is 0.573 e. The van der Waals surface area contributed by atoms with Gasteiger partial charge in [0.2, 0.25) is 0 Å². The van der Waals surface area contributed by atoms with Gasteiger partial charge in [-0.2, -0.15) is 0 Å². The number of ether oxygens (including phenoxy) is 4. The van der Waals surface area contributed by atoms with Crippen LogP contribution in [0.25, 0.3) is 5.57 Å². The first-order chi connectivity index (χ1) is 11.8. The van der Waals surface area contributed by atoms with E-state index in [1.54, 1.807) is 12.1 Å². The highest BCUT2D eigenvalue weighted by Gasteiger charge is 2.31. The molecule has 0 fully saturated rings. The SMILES string of the molecule is C=C(c1ccc(OC(F)(F)F)cc1)c1c(OC)cc(OC)cc1OC. The number of methoxy groups -OCH3 is 3. The predicted octanol–water partition coefficient (Wildman–Crippen LogP) is 4.67. The number of hydrogen-bond acceptors (Lipinski definition) is 4. The Kier molecular flexibility index (Phi) is 5.46. The summed E-state index contributed by atoms with van der Waals surface area (Å²) in [6, 6.07) is 8.74. The molecule has 7 heteroatoms. The average Bonchev–Trinajstić information content (AvgIpc) is 2.59. The highest BCUT2D eigenvalue weighted by atomic mass is 19.4. The Morgan fingerprint density at radius 2 is 1.36 bits per heavy atom. The smallest absolute Gasteiger partial charge is 0.496 e. The van der Waals surface area contributed by atoms with Crippen LogP contribution in [0.3, 0.4) is 0 Å². The highest BCUT2D eigenvalue weighted by Crippen LogP contribution is 2.40. The lowest BCUT2D eigenvalue weighted by molar-refractivity contribution is -0.274. The fourth-order valence-corrected chi connectivity index (χ4v) is 2.31. The molecule has 2 aromatic rings. The number of alkyl halides is 3. The molecule has 0 aliphatic rings. The van der Waals surface area contributed by atoms with Gasteiger partial charge < -0.3 is 18.9 Å². The maximum absolute atomic E-state index is 12.2. The van der Waals surface area contributed by atoms with E-state index < -0.39 is 6.36 Å². The lowest BCUT2D eigenvalue weighted by atomic mass is 9.97. The second kappa shape index (κ2) is 7.38.